The Balaban J connectivity index is 0.000000140. The second kappa shape index (κ2) is 16.4. The summed E-state index contributed by atoms with van der Waals surface area (Å²) < 4.78 is 17.4. The highest BCUT2D eigenvalue weighted by molar-refractivity contribution is 9.10. The minimum atomic E-state index is -0.472. The van der Waals surface area contributed by atoms with E-state index in [1.54, 1.807) is 0 Å². The Hall–Kier alpha value is -5.08. The SMILES string of the molecule is Cc1c(N)cccc1B1OC(C)(C)C(C)(C)O1.[C-]#[N+]c1ccc2c(c1)c(-c1cccc(N)c1C)cn2CCC1(O)CC1.[C-]#[N+]c1ccc2c(c1)c(Br)cn2CCC1(O)CC1. The van der Waals surface area contributed by atoms with Gasteiger partial charge in [-0.05, 0) is 160 Å². The molecule has 3 aliphatic rings. The van der Waals surface area contributed by atoms with Gasteiger partial charge in [0, 0.05) is 63.3 Å². The molecule has 10 nitrogen and oxygen atoms in total. The molecule has 0 unspecified atom stereocenters. The summed E-state index contributed by atoms with van der Waals surface area (Å²) >= 11 is 3.53. The number of benzene rings is 4. The zero-order chi connectivity index (χ0) is 43.2. The lowest BCUT2D eigenvalue weighted by Gasteiger charge is -2.32. The Morgan fingerprint density at radius 3 is 1.70 bits per heavy atom. The molecule has 0 spiro atoms. The average Bonchev–Trinajstić information content (AvgIpc) is 4.05. The van der Waals surface area contributed by atoms with Gasteiger partial charge in [0.1, 0.15) is 0 Å². The first kappa shape index (κ1) is 43.0. The number of nitrogen functional groups attached to an aromatic ring is 2. The van der Waals surface area contributed by atoms with Crippen LogP contribution < -0.4 is 16.9 Å². The van der Waals surface area contributed by atoms with Gasteiger partial charge in [-0.2, -0.15) is 0 Å². The molecule has 0 radical (unpaired) electrons. The molecule has 6 aromatic rings. The number of nitrogens with zero attached hydrogens (tertiary/aromatic N) is 4. The quantitative estimate of drug-likeness (QED) is 0.0685. The zero-order valence-electron chi connectivity index (χ0n) is 35.3. The molecule has 4 aromatic carbocycles. The van der Waals surface area contributed by atoms with E-state index in [9.17, 15) is 10.2 Å². The second-order valence-electron chi connectivity index (χ2n) is 17.7. The molecular weight excluding hydrogens is 815 g/mol. The Morgan fingerprint density at radius 1 is 0.683 bits per heavy atom. The van der Waals surface area contributed by atoms with Crippen molar-refractivity contribution < 1.29 is 19.5 Å². The van der Waals surface area contributed by atoms with E-state index < -0.39 is 11.2 Å². The molecule has 0 amide bonds. The van der Waals surface area contributed by atoms with Gasteiger partial charge in [-0.1, -0.05) is 36.4 Å². The van der Waals surface area contributed by atoms with Crippen molar-refractivity contribution in [1.29, 1.82) is 0 Å². The minimum absolute atomic E-state index is 0.311. The first-order chi connectivity index (χ1) is 28.4. The molecule has 1 saturated heterocycles. The summed E-state index contributed by atoms with van der Waals surface area (Å²) in [7, 11) is -0.330. The Bertz CT molecular complexity index is 2650. The molecule has 3 heterocycles. The lowest BCUT2D eigenvalue weighted by Crippen LogP contribution is -2.41. The van der Waals surface area contributed by atoms with Crippen molar-refractivity contribution in [3.63, 3.8) is 0 Å². The van der Waals surface area contributed by atoms with Crippen LogP contribution in [-0.4, -0.2) is 48.9 Å². The van der Waals surface area contributed by atoms with Gasteiger partial charge in [0.05, 0.1) is 35.5 Å². The van der Waals surface area contributed by atoms with E-state index in [0.29, 0.717) is 11.4 Å². The van der Waals surface area contributed by atoms with E-state index in [1.165, 1.54) is 0 Å². The lowest BCUT2D eigenvalue weighted by atomic mass is 9.76. The third kappa shape index (κ3) is 9.00. The Morgan fingerprint density at radius 2 is 1.17 bits per heavy atom. The van der Waals surface area contributed by atoms with E-state index >= 15 is 0 Å². The number of aliphatic hydroxyl groups is 2. The van der Waals surface area contributed by atoms with Crippen LogP contribution in [0.3, 0.4) is 0 Å². The van der Waals surface area contributed by atoms with Crippen molar-refractivity contribution in [2.75, 3.05) is 11.5 Å². The molecule has 0 bridgehead atoms. The van der Waals surface area contributed by atoms with Crippen molar-refractivity contribution in [3.05, 3.63) is 124 Å². The number of anilines is 2. The normalized spacial score (nSPS) is 17.6. The number of hydrogen-bond donors (Lipinski definition) is 4. The first-order valence-electron chi connectivity index (χ1n) is 20.5. The van der Waals surface area contributed by atoms with Crippen molar-refractivity contribution in [2.24, 2.45) is 0 Å². The third-order valence-corrected chi connectivity index (χ3v) is 13.5. The van der Waals surface area contributed by atoms with Crippen LogP contribution in [0.1, 0.15) is 77.3 Å². The third-order valence-electron chi connectivity index (χ3n) is 12.8. The van der Waals surface area contributed by atoms with Gasteiger partial charge in [-0.3, -0.25) is 0 Å². The van der Waals surface area contributed by atoms with Crippen LogP contribution in [0.4, 0.5) is 22.7 Å². The summed E-state index contributed by atoms with van der Waals surface area (Å²) in [5, 5.41) is 22.2. The fourth-order valence-electron chi connectivity index (χ4n) is 7.54. The van der Waals surface area contributed by atoms with Gasteiger partial charge in [0.2, 0.25) is 0 Å². The van der Waals surface area contributed by atoms with Crippen molar-refractivity contribution in [1.82, 2.24) is 9.13 Å². The van der Waals surface area contributed by atoms with Crippen molar-refractivity contribution >= 4 is 73.1 Å². The monoisotopic (exact) mass is 868 g/mol. The Labute approximate surface area is 362 Å². The van der Waals surface area contributed by atoms with Gasteiger partial charge in [-0.25, -0.2) is 9.69 Å². The van der Waals surface area contributed by atoms with Crippen LogP contribution in [0, 0.1) is 27.0 Å². The average molecular weight is 870 g/mol. The summed E-state index contributed by atoms with van der Waals surface area (Å²) in [4.78, 5) is 7.02. The highest BCUT2D eigenvalue weighted by Gasteiger charge is 2.52. The summed E-state index contributed by atoms with van der Waals surface area (Å²) in [6.07, 6.45) is 9.37. The minimum Gasteiger partial charge on any atom is -0.399 e. The number of rotatable bonds is 8. The second-order valence-corrected chi connectivity index (χ2v) is 18.5. The van der Waals surface area contributed by atoms with Crippen LogP contribution in [0.15, 0.2) is 89.7 Å². The molecule has 2 saturated carbocycles. The van der Waals surface area contributed by atoms with E-state index in [1.807, 2.05) is 86.8 Å². The number of halogens is 1. The smallest absolute Gasteiger partial charge is 0.399 e. The summed E-state index contributed by atoms with van der Waals surface area (Å²) in [5.41, 5.74) is 20.8. The molecule has 2 aromatic heterocycles. The molecule has 60 heavy (non-hydrogen) atoms. The molecule has 1 aliphatic heterocycles. The predicted octanol–water partition coefficient (Wildman–Crippen LogP) is 10.4. The fraction of sp³-hybridized carbons (Fsp3) is 0.375. The van der Waals surface area contributed by atoms with Gasteiger partial charge in [-0.15, -0.1) is 0 Å². The number of aryl methyl sites for hydroxylation is 2. The van der Waals surface area contributed by atoms with Gasteiger partial charge < -0.3 is 40.1 Å². The molecule has 6 N–H and O–H groups in total. The van der Waals surface area contributed by atoms with Crippen molar-refractivity contribution in [2.45, 2.75) is 116 Å². The van der Waals surface area contributed by atoms with Crippen LogP contribution in [0.5, 0.6) is 0 Å². The summed E-state index contributed by atoms with van der Waals surface area (Å²) in [6, 6.07) is 23.3. The maximum absolute atomic E-state index is 10.2. The zero-order valence-corrected chi connectivity index (χ0v) is 36.9. The molecule has 2 aliphatic carbocycles. The molecule has 9 rings (SSSR count). The number of hydrogen-bond acceptors (Lipinski definition) is 6. The largest absolute Gasteiger partial charge is 0.495 e. The molecule has 310 valence electrons. The predicted molar refractivity (Wildman–Crippen MR) is 248 cm³/mol. The van der Waals surface area contributed by atoms with Gasteiger partial charge >= 0.3 is 7.12 Å². The molecule has 0 atom stereocenters. The molecular formula is C48H54BBrN6O4. The Kier molecular flexibility index (Phi) is 11.8. The van der Waals surface area contributed by atoms with Gasteiger partial charge in [0.15, 0.2) is 11.4 Å². The van der Waals surface area contributed by atoms with E-state index in [2.05, 4.69) is 74.7 Å². The maximum atomic E-state index is 10.2. The molecule has 12 heteroatoms. The summed E-state index contributed by atoms with van der Waals surface area (Å²) in [6.45, 7) is 28.2. The van der Waals surface area contributed by atoms with Crippen LogP contribution >= 0.6 is 15.9 Å². The van der Waals surface area contributed by atoms with E-state index in [4.69, 9.17) is 33.9 Å². The number of aromatic nitrogens is 2. The molecule has 3 fully saturated rings. The van der Waals surface area contributed by atoms with E-state index in [-0.39, 0.29) is 18.3 Å². The lowest BCUT2D eigenvalue weighted by molar-refractivity contribution is 0.00578. The highest BCUT2D eigenvalue weighted by Crippen LogP contribution is 2.42. The topological polar surface area (TPSA) is 130 Å². The summed E-state index contributed by atoms with van der Waals surface area (Å²) in [5.74, 6) is 0. The van der Waals surface area contributed by atoms with Crippen LogP contribution in [0.25, 0.3) is 42.6 Å². The standard InChI is InChI=1S/C21H21N3O.C14H13BrN2O.C13H20BNO2/c1-14-16(4-3-5-19(14)22)18-13-24(11-10-21(25)8-9-21)20-7-6-15(23-2)12-17(18)20;1-16-10-2-3-13-11(8-10)12(15)9-17(13)7-6-14(18)4-5-14;1-9-10(7-6-8-11(9)15)14-16-12(2,3)13(4,5)17-14/h3-7,12-13,25H,8-11,22H2,1H3;2-3,8-9,18H,4-7H2;6-8H,15H2,1-5H3. The maximum Gasteiger partial charge on any atom is 0.495 e. The van der Waals surface area contributed by atoms with Crippen LogP contribution in [0.2, 0.25) is 0 Å². The fourth-order valence-corrected chi connectivity index (χ4v) is 8.10. The van der Waals surface area contributed by atoms with Crippen molar-refractivity contribution in [3.8, 4) is 11.1 Å². The number of fused-ring (bicyclic) bond motifs is 2. The van der Waals surface area contributed by atoms with Gasteiger partial charge in [0.25, 0.3) is 0 Å². The first-order valence-corrected chi connectivity index (χ1v) is 21.3. The highest BCUT2D eigenvalue weighted by atomic mass is 79.9. The van der Waals surface area contributed by atoms with E-state index in [0.717, 1.165) is 117 Å². The van der Waals surface area contributed by atoms with Crippen LogP contribution in [-0.2, 0) is 22.4 Å². The number of nitrogens with two attached hydrogens (primary N) is 2.